The molecule has 0 aliphatic carbocycles. The monoisotopic (exact) mass is 250 g/mol. The fourth-order valence-electron chi connectivity index (χ4n) is 2.10. The Kier molecular flexibility index (Phi) is 5.42. The third-order valence-corrected chi connectivity index (χ3v) is 3.15. The molecule has 1 saturated heterocycles. The van der Waals surface area contributed by atoms with Crippen molar-refractivity contribution in [2.24, 2.45) is 5.92 Å². The number of aromatic nitrogens is 1. The van der Waals surface area contributed by atoms with Gasteiger partial charge in [0.1, 0.15) is 5.82 Å². The molecule has 1 aromatic rings. The number of hydrogen-bond donors (Lipinski definition) is 1. The lowest BCUT2D eigenvalue weighted by atomic mass is 10.0. The molecule has 0 unspecified atom stereocenters. The van der Waals surface area contributed by atoms with E-state index in [9.17, 15) is 0 Å². The predicted octanol–water partition coefficient (Wildman–Crippen LogP) is 2.46. The smallest absolute Gasteiger partial charge is 0.126 e. The Hall–Kier alpha value is -1.13. The van der Waals surface area contributed by atoms with Crippen molar-refractivity contribution in [2.45, 2.75) is 26.4 Å². The van der Waals surface area contributed by atoms with Crippen molar-refractivity contribution in [3.05, 3.63) is 23.9 Å². The van der Waals surface area contributed by atoms with E-state index in [1.165, 1.54) is 5.56 Å². The molecule has 4 nitrogen and oxygen atoms in total. The molecule has 1 aromatic heterocycles. The first kappa shape index (κ1) is 13.3. The van der Waals surface area contributed by atoms with Gasteiger partial charge in [0, 0.05) is 26.0 Å². The van der Waals surface area contributed by atoms with E-state index in [0.29, 0.717) is 12.5 Å². The average molecular weight is 250 g/mol. The van der Waals surface area contributed by atoms with Gasteiger partial charge in [-0.1, -0.05) is 0 Å². The molecule has 1 fully saturated rings. The van der Waals surface area contributed by atoms with Crippen LogP contribution in [0.25, 0.3) is 0 Å². The topological polar surface area (TPSA) is 43.4 Å². The second kappa shape index (κ2) is 7.34. The van der Waals surface area contributed by atoms with Crippen LogP contribution >= 0.6 is 0 Å². The highest BCUT2D eigenvalue weighted by atomic mass is 16.5. The van der Waals surface area contributed by atoms with E-state index in [4.69, 9.17) is 9.47 Å². The first-order valence-electron chi connectivity index (χ1n) is 6.72. The van der Waals surface area contributed by atoms with Crippen molar-refractivity contribution in [3.8, 4) is 0 Å². The highest BCUT2D eigenvalue weighted by Gasteiger charge is 2.13. The molecule has 4 heteroatoms. The number of hydrogen-bond acceptors (Lipinski definition) is 4. The van der Waals surface area contributed by atoms with Gasteiger partial charge in [-0.15, -0.1) is 0 Å². The molecular weight excluding hydrogens is 228 g/mol. The fourth-order valence-corrected chi connectivity index (χ4v) is 2.10. The summed E-state index contributed by atoms with van der Waals surface area (Å²) in [6.07, 6.45) is 4.07. The highest BCUT2D eigenvalue weighted by Crippen LogP contribution is 2.16. The Balaban J connectivity index is 1.73. The van der Waals surface area contributed by atoms with E-state index in [1.807, 2.05) is 18.3 Å². The number of anilines is 1. The zero-order chi connectivity index (χ0) is 12.6. The maximum atomic E-state index is 5.78. The lowest BCUT2D eigenvalue weighted by molar-refractivity contribution is 0.0157. The van der Waals surface area contributed by atoms with Gasteiger partial charge in [-0.3, -0.25) is 0 Å². The summed E-state index contributed by atoms with van der Waals surface area (Å²) in [6, 6.07) is 4.05. The van der Waals surface area contributed by atoms with Crippen LogP contribution in [0.3, 0.4) is 0 Å². The number of pyridine rings is 1. The van der Waals surface area contributed by atoms with Crippen LogP contribution in [0.2, 0.25) is 0 Å². The molecule has 0 amide bonds. The second-order valence-corrected chi connectivity index (χ2v) is 4.65. The van der Waals surface area contributed by atoms with E-state index < -0.39 is 0 Å². The van der Waals surface area contributed by atoms with Gasteiger partial charge in [0.25, 0.3) is 0 Å². The summed E-state index contributed by atoms with van der Waals surface area (Å²) in [5, 5.41) is 3.20. The van der Waals surface area contributed by atoms with E-state index in [0.717, 1.165) is 45.0 Å². The zero-order valence-corrected chi connectivity index (χ0v) is 11.0. The first-order chi connectivity index (χ1) is 8.88. The summed E-state index contributed by atoms with van der Waals surface area (Å²) >= 11 is 0. The SMILES string of the molecule is CCNc1cc(COCC2CCOCC2)ccn1. The summed E-state index contributed by atoms with van der Waals surface area (Å²) in [6.45, 7) is 6.22. The summed E-state index contributed by atoms with van der Waals surface area (Å²) in [5.74, 6) is 1.58. The molecule has 2 heterocycles. The third kappa shape index (κ3) is 4.27. The molecule has 2 rings (SSSR count). The maximum Gasteiger partial charge on any atom is 0.126 e. The highest BCUT2D eigenvalue weighted by molar-refractivity contribution is 5.36. The molecule has 0 atom stereocenters. The summed E-state index contributed by atoms with van der Waals surface area (Å²) in [7, 11) is 0. The minimum absolute atomic E-state index is 0.661. The Morgan fingerprint density at radius 2 is 2.28 bits per heavy atom. The Morgan fingerprint density at radius 3 is 3.06 bits per heavy atom. The van der Waals surface area contributed by atoms with Crippen LogP contribution in [0.15, 0.2) is 18.3 Å². The van der Waals surface area contributed by atoms with Crippen LogP contribution in [0.5, 0.6) is 0 Å². The van der Waals surface area contributed by atoms with Gasteiger partial charge in [0.05, 0.1) is 13.2 Å². The lowest BCUT2D eigenvalue weighted by Gasteiger charge is -2.21. The Morgan fingerprint density at radius 1 is 1.44 bits per heavy atom. The molecule has 1 aliphatic rings. The van der Waals surface area contributed by atoms with Gasteiger partial charge in [0.2, 0.25) is 0 Å². The van der Waals surface area contributed by atoms with E-state index in [1.54, 1.807) is 0 Å². The van der Waals surface area contributed by atoms with E-state index >= 15 is 0 Å². The molecule has 0 spiro atoms. The molecule has 1 N–H and O–H groups in total. The molecule has 0 aromatic carbocycles. The van der Waals surface area contributed by atoms with E-state index in [-0.39, 0.29) is 0 Å². The first-order valence-corrected chi connectivity index (χ1v) is 6.72. The number of ether oxygens (including phenoxy) is 2. The largest absolute Gasteiger partial charge is 0.381 e. The number of nitrogens with one attached hydrogen (secondary N) is 1. The summed E-state index contributed by atoms with van der Waals surface area (Å²) in [5.41, 5.74) is 1.17. The van der Waals surface area contributed by atoms with Crippen molar-refractivity contribution in [1.82, 2.24) is 4.98 Å². The predicted molar refractivity (Wildman–Crippen MR) is 71.6 cm³/mol. The Labute approximate surface area is 109 Å². The van der Waals surface area contributed by atoms with Crippen molar-refractivity contribution >= 4 is 5.82 Å². The van der Waals surface area contributed by atoms with Crippen LogP contribution in [-0.4, -0.2) is 31.3 Å². The minimum atomic E-state index is 0.661. The lowest BCUT2D eigenvalue weighted by Crippen LogP contribution is -2.20. The van der Waals surface area contributed by atoms with Crippen molar-refractivity contribution < 1.29 is 9.47 Å². The zero-order valence-electron chi connectivity index (χ0n) is 11.0. The molecule has 1 aliphatic heterocycles. The molecule has 0 bridgehead atoms. The standard InChI is InChI=1S/C14H22N2O2/c1-2-15-14-9-13(3-6-16-14)11-18-10-12-4-7-17-8-5-12/h3,6,9,12H,2,4-5,7-8,10-11H2,1H3,(H,15,16). The normalized spacial score (nSPS) is 16.7. The van der Waals surface area contributed by atoms with Crippen LogP contribution in [0.4, 0.5) is 5.82 Å². The molecular formula is C14H22N2O2. The number of nitrogens with zero attached hydrogens (tertiary/aromatic N) is 1. The van der Waals surface area contributed by atoms with Gasteiger partial charge < -0.3 is 14.8 Å². The van der Waals surface area contributed by atoms with E-state index in [2.05, 4.69) is 17.2 Å². The van der Waals surface area contributed by atoms with Crippen LogP contribution in [-0.2, 0) is 16.1 Å². The van der Waals surface area contributed by atoms with Crippen LogP contribution in [0, 0.1) is 5.92 Å². The van der Waals surface area contributed by atoms with Crippen molar-refractivity contribution in [1.29, 1.82) is 0 Å². The molecule has 0 saturated carbocycles. The third-order valence-electron chi connectivity index (χ3n) is 3.15. The van der Waals surface area contributed by atoms with Gasteiger partial charge in [-0.25, -0.2) is 4.98 Å². The van der Waals surface area contributed by atoms with Crippen LogP contribution < -0.4 is 5.32 Å². The summed E-state index contributed by atoms with van der Waals surface area (Å²) in [4.78, 5) is 4.24. The van der Waals surface area contributed by atoms with Gasteiger partial charge in [-0.2, -0.15) is 0 Å². The van der Waals surface area contributed by atoms with Crippen LogP contribution in [0.1, 0.15) is 25.3 Å². The van der Waals surface area contributed by atoms with Gasteiger partial charge in [0.15, 0.2) is 0 Å². The van der Waals surface area contributed by atoms with Gasteiger partial charge >= 0.3 is 0 Å². The minimum Gasteiger partial charge on any atom is -0.381 e. The molecule has 100 valence electrons. The maximum absolute atomic E-state index is 5.78. The van der Waals surface area contributed by atoms with Crippen molar-refractivity contribution in [3.63, 3.8) is 0 Å². The fraction of sp³-hybridized carbons (Fsp3) is 0.643. The Bertz CT molecular complexity index is 351. The molecule has 18 heavy (non-hydrogen) atoms. The second-order valence-electron chi connectivity index (χ2n) is 4.65. The number of rotatable bonds is 6. The molecule has 0 radical (unpaired) electrons. The average Bonchev–Trinajstić information content (AvgIpc) is 2.41. The summed E-state index contributed by atoms with van der Waals surface area (Å²) < 4.78 is 11.1. The van der Waals surface area contributed by atoms with Gasteiger partial charge in [-0.05, 0) is 43.4 Å². The quantitative estimate of drug-likeness (QED) is 0.842. The van der Waals surface area contributed by atoms with Crippen molar-refractivity contribution in [2.75, 3.05) is 31.7 Å².